The summed E-state index contributed by atoms with van der Waals surface area (Å²) in [6.07, 6.45) is 6.60. The quantitative estimate of drug-likeness (QED) is 0.762. The highest BCUT2D eigenvalue weighted by molar-refractivity contribution is 5.79. The Morgan fingerprint density at radius 3 is 2.41 bits per heavy atom. The first-order valence-corrected chi connectivity index (χ1v) is 6.95. The van der Waals surface area contributed by atoms with Crippen LogP contribution in [0.1, 0.15) is 38.5 Å². The zero-order chi connectivity index (χ0) is 12.1. The van der Waals surface area contributed by atoms with Crippen LogP contribution in [0, 0.1) is 5.92 Å². The molecule has 0 unspecified atom stereocenters. The van der Waals surface area contributed by atoms with Crippen molar-refractivity contribution in [2.75, 3.05) is 26.2 Å². The molecule has 1 amide bonds. The van der Waals surface area contributed by atoms with E-state index in [4.69, 9.17) is 5.11 Å². The lowest BCUT2D eigenvalue weighted by atomic mass is 9.95. The molecule has 0 bridgehead atoms. The van der Waals surface area contributed by atoms with Crippen LogP contribution in [0.25, 0.3) is 0 Å². The van der Waals surface area contributed by atoms with Gasteiger partial charge >= 0.3 is 0 Å². The molecule has 2 N–H and O–H groups in total. The molecule has 0 aromatic heterocycles. The molecule has 98 valence electrons. The van der Waals surface area contributed by atoms with E-state index < -0.39 is 0 Å². The van der Waals surface area contributed by atoms with Gasteiger partial charge in [0.25, 0.3) is 0 Å². The first-order chi connectivity index (χ1) is 8.33. The van der Waals surface area contributed by atoms with Gasteiger partial charge < -0.3 is 15.3 Å². The summed E-state index contributed by atoms with van der Waals surface area (Å²) < 4.78 is 0. The summed E-state index contributed by atoms with van der Waals surface area (Å²) in [7, 11) is 0. The van der Waals surface area contributed by atoms with E-state index in [9.17, 15) is 4.79 Å². The maximum absolute atomic E-state index is 12.5. The molecular weight excluding hydrogens is 216 g/mol. The van der Waals surface area contributed by atoms with Crippen LogP contribution in [-0.2, 0) is 4.79 Å². The van der Waals surface area contributed by atoms with E-state index in [2.05, 4.69) is 5.32 Å². The molecule has 2 aliphatic rings. The summed E-state index contributed by atoms with van der Waals surface area (Å²) in [5.74, 6) is 0.468. The van der Waals surface area contributed by atoms with Gasteiger partial charge in [-0.15, -0.1) is 0 Å². The summed E-state index contributed by atoms with van der Waals surface area (Å²) in [6.45, 7) is 2.52. The molecule has 4 nitrogen and oxygen atoms in total. The number of carbonyl (C=O) groups is 1. The average molecular weight is 240 g/mol. The zero-order valence-corrected chi connectivity index (χ0v) is 10.5. The SMILES string of the molecule is O=C(C1CCNCC1)N(CCO)C1CCCC1. The van der Waals surface area contributed by atoms with Crippen LogP contribution in [0.2, 0.25) is 0 Å². The number of hydrogen-bond donors (Lipinski definition) is 2. The molecule has 0 aromatic rings. The first kappa shape index (κ1) is 12.8. The van der Waals surface area contributed by atoms with Gasteiger partial charge in [0.05, 0.1) is 6.61 Å². The third-order valence-corrected chi connectivity index (χ3v) is 4.08. The highest BCUT2D eigenvalue weighted by atomic mass is 16.3. The molecule has 17 heavy (non-hydrogen) atoms. The number of carbonyl (C=O) groups excluding carboxylic acids is 1. The highest BCUT2D eigenvalue weighted by Gasteiger charge is 2.31. The fraction of sp³-hybridized carbons (Fsp3) is 0.923. The Kier molecular flexibility index (Phi) is 4.80. The standard InChI is InChI=1S/C13H24N2O2/c16-10-9-15(12-3-1-2-4-12)13(17)11-5-7-14-8-6-11/h11-12,14,16H,1-10H2. The van der Waals surface area contributed by atoms with Crippen molar-refractivity contribution in [2.45, 2.75) is 44.6 Å². The predicted octanol–water partition coefficient (Wildman–Crippen LogP) is 0.749. The van der Waals surface area contributed by atoms with Gasteiger partial charge in [0.1, 0.15) is 0 Å². The van der Waals surface area contributed by atoms with Crippen molar-refractivity contribution in [1.29, 1.82) is 0 Å². The zero-order valence-electron chi connectivity index (χ0n) is 10.5. The molecule has 0 atom stereocenters. The van der Waals surface area contributed by atoms with Crippen molar-refractivity contribution >= 4 is 5.91 Å². The van der Waals surface area contributed by atoms with Gasteiger partial charge in [-0.2, -0.15) is 0 Å². The monoisotopic (exact) mass is 240 g/mol. The maximum Gasteiger partial charge on any atom is 0.226 e. The lowest BCUT2D eigenvalue weighted by molar-refractivity contribution is -0.139. The Bertz CT molecular complexity index is 246. The molecule has 4 heteroatoms. The number of piperidine rings is 1. The van der Waals surface area contributed by atoms with Gasteiger partial charge in [-0.25, -0.2) is 0 Å². The Balaban J connectivity index is 1.95. The summed E-state index contributed by atoms with van der Waals surface area (Å²) in [5, 5.41) is 12.4. The van der Waals surface area contributed by atoms with Crippen LogP contribution in [-0.4, -0.2) is 48.2 Å². The Morgan fingerprint density at radius 2 is 1.82 bits per heavy atom. The Morgan fingerprint density at radius 1 is 1.18 bits per heavy atom. The van der Waals surface area contributed by atoms with E-state index in [1.54, 1.807) is 0 Å². The summed E-state index contributed by atoms with van der Waals surface area (Å²) in [5.41, 5.74) is 0. The van der Waals surface area contributed by atoms with Crippen molar-refractivity contribution in [3.05, 3.63) is 0 Å². The van der Waals surface area contributed by atoms with Gasteiger partial charge in [-0.1, -0.05) is 12.8 Å². The van der Waals surface area contributed by atoms with Crippen molar-refractivity contribution < 1.29 is 9.90 Å². The summed E-state index contributed by atoms with van der Waals surface area (Å²) >= 11 is 0. The minimum absolute atomic E-state index is 0.0905. The van der Waals surface area contributed by atoms with Crippen LogP contribution in [0.4, 0.5) is 0 Å². The number of amides is 1. The van der Waals surface area contributed by atoms with Crippen LogP contribution in [0.5, 0.6) is 0 Å². The number of hydrogen-bond acceptors (Lipinski definition) is 3. The van der Waals surface area contributed by atoms with Gasteiger partial charge in [0.2, 0.25) is 5.91 Å². The largest absolute Gasteiger partial charge is 0.395 e. The topological polar surface area (TPSA) is 52.6 Å². The van der Waals surface area contributed by atoms with E-state index in [-0.39, 0.29) is 18.4 Å². The van der Waals surface area contributed by atoms with Crippen molar-refractivity contribution in [1.82, 2.24) is 10.2 Å². The molecule has 2 fully saturated rings. The van der Waals surface area contributed by atoms with Gasteiger partial charge in [-0.05, 0) is 38.8 Å². The second-order valence-electron chi connectivity index (χ2n) is 5.22. The van der Waals surface area contributed by atoms with Crippen molar-refractivity contribution in [2.24, 2.45) is 5.92 Å². The average Bonchev–Trinajstić information content (AvgIpc) is 2.90. The van der Waals surface area contributed by atoms with Crippen LogP contribution >= 0.6 is 0 Å². The minimum atomic E-state index is 0.0905. The minimum Gasteiger partial charge on any atom is -0.395 e. The van der Waals surface area contributed by atoms with E-state index in [0.717, 1.165) is 38.8 Å². The highest BCUT2D eigenvalue weighted by Crippen LogP contribution is 2.26. The van der Waals surface area contributed by atoms with Crippen LogP contribution in [0.3, 0.4) is 0 Å². The lowest BCUT2D eigenvalue weighted by Crippen LogP contribution is -2.46. The van der Waals surface area contributed by atoms with Crippen molar-refractivity contribution in [3.8, 4) is 0 Å². The fourth-order valence-corrected chi connectivity index (χ4v) is 3.10. The van der Waals surface area contributed by atoms with Gasteiger partial charge in [0, 0.05) is 18.5 Å². The molecule has 0 radical (unpaired) electrons. The second-order valence-corrected chi connectivity index (χ2v) is 5.22. The fourth-order valence-electron chi connectivity index (χ4n) is 3.10. The third-order valence-electron chi connectivity index (χ3n) is 4.08. The molecule has 1 saturated heterocycles. The molecule has 0 spiro atoms. The van der Waals surface area contributed by atoms with Crippen LogP contribution < -0.4 is 5.32 Å². The van der Waals surface area contributed by atoms with E-state index in [1.165, 1.54) is 12.8 Å². The number of nitrogens with one attached hydrogen (secondary N) is 1. The van der Waals surface area contributed by atoms with E-state index in [1.807, 2.05) is 4.90 Å². The first-order valence-electron chi connectivity index (χ1n) is 6.95. The van der Waals surface area contributed by atoms with E-state index >= 15 is 0 Å². The Labute approximate surface area is 103 Å². The van der Waals surface area contributed by atoms with E-state index in [0.29, 0.717) is 12.6 Å². The number of aliphatic hydroxyl groups is 1. The van der Waals surface area contributed by atoms with Crippen molar-refractivity contribution in [3.63, 3.8) is 0 Å². The summed E-state index contributed by atoms with van der Waals surface area (Å²) in [4.78, 5) is 14.4. The second kappa shape index (κ2) is 6.36. The lowest BCUT2D eigenvalue weighted by Gasteiger charge is -2.33. The molecule has 2 rings (SSSR count). The van der Waals surface area contributed by atoms with Gasteiger partial charge in [-0.3, -0.25) is 4.79 Å². The number of nitrogens with zero attached hydrogens (tertiary/aromatic N) is 1. The molecule has 1 aliphatic heterocycles. The summed E-state index contributed by atoms with van der Waals surface area (Å²) in [6, 6.07) is 0.393. The predicted molar refractivity (Wildman–Crippen MR) is 66.6 cm³/mol. The molecule has 1 aliphatic carbocycles. The molecular formula is C13H24N2O2. The maximum atomic E-state index is 12.5. The molecule has 1 saturated carbocycles. The third kappa shape index (κ3) is 3.19. The smallest absolute Gasteiger partial charge is 0.226 e. The molecule has 1 heterocycles. The normalized spacial score (nSPS) is 22.9. The molecule has 0 aromatic carbocycles. The number of aliphatic hydroxyl groups excluding tert-OH is 1. The van der Waals surface area contributed by atoms with Crippen LogP contribution in [0.15, 0.2) is 0 Å². The number of rotatable bonds is 4. The van der Waals surface area contributed by atoms with Gasteiger partial charge in [0.15, 0.2) is 0 Å². The Hall–Kier alpha value is -0.610.